The Balaban J connectivity index is 1.15. The fraction of sp³-hybridized carbons (Fsp3) is 1.00. The summed E-state index contributed by atoms with van der Waals surface area (Å²) in [6.07, 6.45) is 37.9. The predicted molar refractivity (Wildman–Crippen MR) is 257 cm³/mol. The van der Waals surface area contributed by atoms with Crippen molar-refractivity contribution < 1.29 is 23.4 Å². The van der Waals surface area contributed by atoms with Gasteiger partial charge in [-0.3, -0.25) is 0 Å². The topological polar surface area (TPSA) is 60.4 Å². The highest BCUT2D eigenvalue weighted by molar-refractivity contribution is 6.64. The van der Waals surface area contributed by atoms with E-state index in [1.807, 2.05) is 7.11 Å². The third-order valence-electron chi connectivity index (χ3n) is 17.3. The maximum atomic E-state index is 9.54. The number of methoxy groups -OCH3 is 1. The first-order valence-corrected chi connectivity index (χ1v) is 29.6. The fourth-order valence-corrected chi connectivity index (χ4v) is 15.2. The van der Waals surface area contributed by atoms with Crippen LogP contribution in [0.2, 0.25) is 13.1 Å². The van der Waals surface area contributed by atoms with Gasteiger partial charge < -0.3 is 28.3 Å². The van der Waals surface area contributed by atoms with Crippen molar-refractivity contribution in [2.75, 3.05) is 46.6 Å². The minimum atomic E-state index is -2.23. The number of hydrogen-bond donors (Lipinski definition) is 1. The maximum absolute atomic E-state index is 9.54. The van der Waals surface area contributed by atoms with Crippen LogP contribution in [0.5, 0.6) is 0 Å². The Labute approximate surface area is 374 Å². The van der Waals surface area contributed by atoms with Gasteiger partial charge in [0.1, 0.15) is 6.29 Å². The van der Waals surface area contributed by atoms with E-state index in [-0.39, 0.29) is 6.29 Å². The first-order chi connectivity index (χ1) is 29.0. The summed E-state index contributed by atoms with van der Waals surface area (Å²) in [6, 6.07) is 0. The molecule has 1 N–H and O–H groups in total. The Morgan fingerprint density at radius 3 is 1.98 bits per heavy atom. The molecule has 0 aliphatic heterocycles. The smallest absolute Gasteiger partial charge is 0.333 e. The van der Waals surface area contributed by atoms with E-state index in [9.17, 15) is 5.11 Å². The normalized spacial score (nSPS) is 30.3. The van der Waals surface area contributed by atoms with E-state index in [2.05, 4.69) is 52.6 Å². The molecule has 354 valence electrons. The number of nitrogens with zero attached hydrogens (tertiary/aromatic N) is 1. The molecular weight excluding hydrogens is 759 g/mol. The van der Waals surface area contributed by atoms with Gasteiger partial charge in [-0.05, 0) is 195 Å². The summed E-state index contributed by atoms with van der Waals surface area (Å²) >= 11 is 0. The zero-order chi connectivity index (χ0) is 43.3. The summed E-state index contributed by atoms with van der Waals surface area (Å²) in [4.78, 5) is 2.74. The summed E-state index contributed by atoms with van der Waals surface area (Å²) in [5.74, 6) is 5.50. The molecule has 10 atom stereocenters. The van der Waals surface area contributed by atoms with Crippen LogP contribution in [0, 0.1) is 46.3 Å². The first-order valence-electron chi connectivity index (χ1n) is 26.8. The van der Waals surface area contributed by atoms with Crippen LogP contribution in [-0.4, -0.2) is 77.5 Å². The Morgan fingerprint density at radius 2 is 1.27 bits per heavy atom. The van der Waals surface area contributed by atoms with Crippen molar-refractivity contribution in [3.8, 4) is 0 Å². The second kappa shape index (κ2) is 28.1. The van der Waals surface area contributed by atoms with E-state index in [0.717, 1.165) is 87.4 Å². The van der Waals surface area contributed by atoms with Crippen molar-refractivity contribution in [2.24, 2.45) is 46.3 Å². The van der Waals surface area contributed by atoms with Crippen molar-refractivity contribution >= 4 is 8.56 Å². The third-order valence-corrected chi connectivity index (χ3v) is 19.0. The predicted octanol–water partition coefficient (Wildman–Crippen LogP) is 14.5. The lowest BCUT2D eigenvalue weighted by Gasteiger charge is -2.61. The molecule has 0 bridgehead atoms. The molecule has 0 saturated heterocycles. The quantitative estimate of drug-likeness (QED) is 0.0395. The minimum absolute atomic E-state index is 0.125. The van der Waals surface area contributed by atoms with Crippen LogP contribution in [-0.2, 0) is 18.3 Å². The van der Waals surface area contributed by atoms with Crippen LogP contribution >= 0.6 is 0 Å². The third kappa shape index (κ3) is 16.4. The average molecular weight is 862 g/mol. The highest BCUT2D eigenvalue weighted by Crippen LogP contribution is 2.68. The molecule has 6 unspecified atom stereocenters. The van der Waals surface area contributed by atoms with E-state index in [0.29, 0.717) is 23.5 Å². The monoisotopic (exact) mass is 862 g/mol. The van der Waals surface area contributed by atoms with Gasteiger partial charge in [-0.25, -0.2) is 0 Å². The van der Waals surface area contributed by atoms with Crippen molar-refractivity contribution in [2.45, 2.75) is 246 Å². The number of unbranched alkanes of at least 4 members (excludes halogenated alkanes) is 13. The van der Waals surface area contributed by atoms with Gasteiger partial charge in [0.25, 0.3) is 0 Å². The molecule has 4 fully saturated rings. The summed E-state index contributed by atoms with van der Waals surface area (Å²) in [6.45, 7) is 22.5. The minimum Gasteiger partial charge on any atom is -0.396 e. The van der Waals surface area contributed by atoms with Crippen LogP contribution < -0.4 is 0 Å². The number of rotatable bonds is 34. The Hall–Kier alpha value is -0.0231. The summed E-state index contributed by atoms with van der Waals surface area (Å²) < 4.78 is 25.3. The molecule has 0 aromatic rings. The Bertz CT molecular complexity index is 1110. The Morgan fingerprint density at radius 1 is 0.650 bits per heavy atom. The molecule has 4 saturated carbocycles. The summed E-state index contributed by atoms with van der Waals surface area (Å²) in [5, 5.41) is 9.54. The highest BCUT2D eigenvalue weighted by Gasteiger charge is 2.60. The molecule has 60 heavy (non-hydrogen) atoms. The van der Waals surface area contributed by atoms with Crippen LogP contribution in [0.4, 0.5) is 0 Å². The molecule has 0 heterocycles. The van der Waals surface area contributed by atoms with Gasteiger partial charge in [0.15, 0.2) is 0 Å². The molecule has 4 aliphatic carbocycles. The maximum Gasteiger partial charge on any atom is 0.333 e. The Kier molecular flexibility index (Phi) is 24.6. The number of aliphatic hydroxyl groups is 1. The highest BCUT2D eigenvalue weighted by atomic mass is 28.4. The molecule has 6 nitrogen and oxygen atoms in total. The van der Waals surface area contributed by atoms with Gasteiger partial charge in [-0.15, -0.1) is 0 Å². The average Bonchev–Trinajstić information content (AvgIpc) is 3.59. The molecule has 4 aliphatic rings. The van der Waals surface area contributed by atoms with Crippen molar-refractivity contribution in [1.29, 1.82) is 0 Å². The van der Waals surface area contributed by atoms with Crippen LogP contribution in [0.3, 0.4) is 0 Å². The lowest BCUT2D eigenvalue weighted by Crippen LogP contribution is -2.54. The van der Waals surface area contributed by atoms with Gasteiger partial charge in [0.05, 0.1) is 6.10 Å². The standard InChI is InChI=1S/C53H103NO5Si/c1-9-11-13-15-18-25-42-58-60(7,8)59-51(28-20-16-14-12-10-2)57-41-24-19-17-21-37-54(38-22-23-40-55)39-26-27-44(3)48-31-32-49-47-30-29-45-43-46(56-6)33-35-52(45,4)50(47)34-36-53(48,49)5/h44-51,55H,9-43H2,1-8H3/t44-,45?,46-,47?,48?,49?,50?,51?,52+,53-/m1/s1. The zero-order valence-electron chi connectivity index (χ0n) is 41.4. The van der Waals surface area contributed by atoms with Crippen LogP contribution in [0.25, 0.3) is 0 Å². The number of aliphatic hydroxyl groups excluding tert-OH is 1. The van der Waals surface area contributed by atoms with Gasteiger partial charge in [-0.2, -0.15) is 0 Å². The zero-order valence-corrected chi connectivity index (χ0v) is 42.4. The molecular formula is C53H103NO5Si. The molecule has 0 amide bonds. The molecule has 0 aromatic carbocycles. The lowest BCUT2D eigenvalue weighted by molar-refractivity contribution is -0.133. The van der Waals surface area contributed by atoms with Crippen molar-refractivity contribution in [3.05, 3.63) is 0 Å². The van der Waals surface area contributed by atoms with E-state index < -0.39 is 8.56 Å². The van der Waals surface area contributed by atoms with Crippen LogP contribution in [0.15, 0.2) is 0 Å². The summed E-state index contributed by atoms with van der Waals surface area (Å²) in [5.41, 5.74) is 1.11. The molecule has 7 heteroatoms. The van der Waals surface area contributed by atoms with E-state index in [1.165, 1.54) is 167 Å². The molecule has 4 rings (SSSR count). The van der Waals surface area contributed by atoms with E-state index >= 15 is 0 Å². The van der Waals surface area contributed by atoms with Gasteiger partial charge in [0.2, 0.25) is 0 Å². The SMILES string of the molecule is CCCCCCCCO[Si](C)(C)OC(CCCCCCC)OCCCCCCN(CCCCO)CCC[C@@H](C)C1CCC2C3CCC4C[C@H](OC)CC[C@]4(C)C3CC[C@@]21C. The largest absolute Gasteiger partial charge is 0.396 e. The second-order valence-corrected chi connectivity index (χ2v) is 25.3. The van der Waals surface area contributed by atoms with E-state index in [4.69, 9.17) is 18.3 Å². The number of ether oxygens (including phenoxy) is 2. The van der Waals surface area contributed by atoms with Gasteiger partial charge in [-0.1, -0.05) is 105 Å². The molecule has 0 radical (unpaired) electrons. The first kappa shape index (κ1) is 52.6. The van der Waals surface area contributed by atoms with Gasteiger partial charge >= 0.3 is 8.56 Å². The summed E-state index contributed by atoms with van der Waals surface area (Å²) in [7, 11) is -0.287. The van der Waals surface area contributed by atoms with Crippen LogP contribution in [0.1, 0.15) is 221 Å². The second-order valence-electron chi connectivity index (χ2n) is 22.0. The van der Waals surface area contributed by atoms with Gasteiger partial charge in [0, 0.05) is 26.9 Å². The molecule has 0 aromatic heterocycles. The number of fused-ring (bicyclic) bond motifs is 5. The lowest BCUT2D eigenvalue weighted by atomic mass is 9.44. The molecule has 0 spiro atoms. The number of hydrogen-bond acceptors (Lipinski definition) is 6. The van der Waals surface area contributed by atoms with Crippen molar-refractivity contribution in [1.82, 2.24) is 4.90 Å². The van der Waals surface area contributed by atoms with Crippen molar-refractivity contribution in [3.63, 3.8) is 0 Å². The fourth-order valence-electron chi connectivity index (χ4n) is 13.7. The van der Waals surface area contributed by atoms with E-state index in [1.54, 1.807) is 0 Å².